The second kappa shape index (κ2) is 6.50. The van der Waals surface area contributed by atoms with E-state index in [1.165, 1.54) is 11.8 Å². The zero-order chi connectivity index (χ0) is 14.7. The van der Waals surface area contributed by atoms with Crippen molar-refractivity contribution in [3.63, 3.8) is 0 Å². The average Bonchev–Trinajstić information content (AvgIpc) is 2.80. The Kier molecular flexibility index (Phi) is 4.94. The average molecular weight is 314 g/mol. The van der Waals surface area contributed by atoms with Crippen molar-refractivity contribution in [2.24, 2.45) is 11.8 Å². The normalized spacial score (nSPS) is 22.0. The quantitative estimate of drug-likeness (QED) is 0.868. The van der Waals surface area contributed by atoms with Crippen molar-refractivity contribution in [3.05, 3.63) is 29.3 Å². The summed E-state index contributed by atoms with van der Waals surface area (Å²) in [5.74, 6) is -0.948. The van der Waals surface area contributed by atoms with E-state index in [0.717, 1.165) is 4.90 Å². The van der Waals surface area contributed by atoms with E-state index in [1.54, 1.807) is 17.0 Å². The van der Waals surface area contributed by atoms with Crippen molar-refractivity contribution in [1.29, 1.82) is 0 Å². The zero-order valence-electron chi connectivity index (χ0n) is 11.1. The first-order chi connectivity index (χ1) is 9.47. The maximum Gasteiger partial charge on any atom is 0.308 e. The van der Waals surface area contributed by atoms with Gasteiger partial charge in [-0.1, -0.05) is 18.5 Å². The molecule has 1 saturated heterocycles. The Balaban J connectivity index is 1.87. The van der Waals surface area contributed by atoms with E-state index >= 15 is 0 Å². The van der Waals surface area contributed by atoms with Gasteiger partial charge >= 0.3 is 5.97 Å². The van der Waals surface area contributed by atoms with E-state index in [0.29, 0.717) is 23.9 Å². The Morgan fingerprint density at radius 1 is 1.35 bits per heavy atom. The van der Waals surface area contributed by atoms with Crippen LogP contribution in [0.1, 0.15) is 6.92 Å². The molecule has 1 aliphatic heterocycles. The van der Waals surface area contributed by atoms with Crippen molar-refractivity contribution < 1.29 is 14.7 Å². The summed E-state index contributed by atoms with van der Waals surface area (Å²) in [6, 6.07) is 7.30. The number of halogens is 1. The summed E-state index contributed by atoms with van der Waals surface area (Å²) >= 11 is 7.24. The number of nitrogens with zero attached hydrogens (tertiary/aromatic N) is 1. The van der Waals surface area contributed by atoms with Crippen molar-refractivity contribution >= 4 is 35.2 Å². The molecule has 2 atom stereocenters. The molecule has 6 heteroatoms. The molecule has 0 aromatic heterocycles. The van der Waals surface area contributed by atoms with Crippen LogP contribution < -0.4 is 0 Å². The fourth-order valence-corrected chi connectivity index (χ4v) is 3.19. The van der Waals surface area contributed by atoms with Crippen molar-refractivity contribution in [2.45, 2.75) is 11.8 Å². The molecule has 1 aliphatic rings. The number of carbonyl (C=O) groups is 2. The van der Waals surface area contributed by atoms with Crippen LogP contribution in [0.15, 0.2) is 29.2 Å². The third-order valence-electron chi connectivity index (χ3n) is 3.46. The molecule has 1 amide bonds. The third-order valence-corrected chi connectivity index (χ3v) is 4.71. The first kappa shape index (κ1) is 15.2. The highest BCUT2D eigenvalue weighted by Crippen LogP contribution is 2.25. The summed E-state index contributed by atoms with van der Waals surface area (Å²) in [6.07, 6.45) is 0. The van der Waals surface area contributed by atoms with E-state index in [1.807, 2.05) is 19.1 Å². The summed E-state index contributed by atoms with van der Waals surface area (Å²) in [4.78, 5) is 25.7. The van der Waals surface area contributed by atoms with Gasteiger partial charge in [-0.15, -0.1) is 11.8 Å². The molecule has 108 valence electrons. The molecule has 0 unspecified atom stereocenters. The van der Waals surface area contributed by atoms with Crippen molar-refractivity contribution in [3.8, 4) is 0 Å². The van der Waals surface area contributed by atoms with Gasteiger partial charge in [0, 0.05) is 23.0 Å². The number of aliphatic carboxylic acids is 1. The lowest BCUT2D eigenvalue weighted by Gasteiger charge is -2.15. The van der Waals surface area contributed by atoms with Gasteiger partial charge in [-0.2, -0.15) is 0 Å². The van der Waals surface area contributed by atoms with Crippen LogP contribution in [0.2, 0.25) is 5.02 Å². The molecule has 2 rings (SSSR count). The van der Waals surface area contributed by atoms with Crippen LogP contribution in [-0.4, -0.2) is 40.7 Å². The first-order valence-corrected chi connectivity index (χ1v) is 7.72. The van der Waals surface area contributed by atoms with E-state index in [-0.39, 0.29) is 11.8 Å². The van der Waals surface area contributed by atoms with Crippen molar-refractivity contribution in [1.82, 2.24) is 4.90 Å². The standard InChI is InChI=1S/C14H16ClNO3S/c1-9-6-16(7-12(9)14(18)19)13(17)8-20-11-4-2-10(15)3-5-11/h2-5,9,12H,6-8H2,1H3,(H,18,19)/t9-,12-/m1/s1. The maximum atomic E-state index is 12.1. The van der Waals surface area contributed by atoms with E-state index in [2.05, 4.69) is 0 Å². The monoisotopic (exact) mass is 313 g/mol. The van der Waals surface area contributed by atoms with E-state index in [9.17, 15) is 9.59 Å². The van der Waals surface area contributed by atoms with Crippen molar-refractivity contribution in [2.75, 3.05) is 18.8 Å². The van der Waals surface area contributed by atoms with Gasteiger partial charge in [-0.25, -0.2) is 0 Å². The van der Waals surface area contributed by atoms with Gasteiger partial charge in [-0.05, 0) is 30.2 Å². The van der Waals surface area contributed by atoms with Gasteiger partial charge < -0.3 is 10.0 Å². The van der Waals surface area contributed by atoms with Gasteiger partial charge in [0.2, 0.25) is 5.91 Å². The van der Waals surface area contributed by atoms with Crippen LogP contribution in [0.3, 0.4) is 0 Å². The number of amides is 1. The first-order valence-electron chi connectivity index (χ1n) is 6.36. The predicted molar refractivity (Wildman–Crippen MR) is 79.0 cm³/mol. The lowest BCUT2D eigenvalue weighted by molar-refractivity contribution is -0.142. The largest absolute Gasteiger partial charge is 0.481 e. The second-order valence-corrected chi connectivity index (χ2v) is 6.45. The molecular formula is C14H16ClNO3S. The number of likely N-dealkylation sites (tertiary alicyclic amines) is 1. The molecule has 1 N–H and O–H groups in total. The molecule has 0 aliphatic carbocycles. The molecule has 0 radical (unpaired) electrons. The molecular weight excluding hydrogens is 298 g/mol. The Hall–Kier alpha value is -1.20. The molecule has 1 aromatic carbocycles. The van der Waals surface area contributed by atoms with Gasteiger partial charge in [0.25, 0.3) is 0 Å². The minimum Gasteiger partial charge on any atom is -0.481 e. The lowest BCUT2D eigenvalue weighted by atomic mass is 9.99. The fourth-order valence-electron chi connectivity index (χ4n) is 2.26. The number of carboxylic acids is 1. The van der Waals surface area contributed by atoms with Crippen LogP contribution in [0.5, 0.6) is 0 Å². The summed E-state index contributed by atoms with van der Waals surface area (Å²) < 4.78 is 0. The Morgan fingerprint density at radius 3 is 2.55 bits per heavy atom. The van der Waals surface area contributed by atoms with E-state index < -0.39 is 11.9 Å². The van der Waals surface area contributed by atoms with Gasteiger partial charge in [0.05, 0.1) is 11.7 Å². The minimum absolute atomic E-state index is 0.0111. The second-order valence-electron chi connectivity index (χ2n) is 4.96. The molecule has 0 bridgehead atoms. The fraction of sp³-hybridized carbons (Fsp3) is 0.429. The van der Waals surface area contributed by atoms with E-state index in [4.69, 9.17) is 16.7 Å². The number of benzene rings is 1. The summed E-state index contributed by atoms with van der Waals surface area (Å²) in [5, 5.41) is 9.73. The summed E-state index contributed by atoms with van der Waals surface area (Å²) in [7, 11) is 0. The lowest BCUT2D eigenvalue weighted by Crippen LogP contribution is -2.31. The minimum atomic E-state index is -0.821. The summed E-state index contributed by atoms with van der Waals surface area (Å²) in [5.41, 5.74) is 0. The van der Waals surface area contributed by atoms with Crippen LogP contribution in [0, 0.1) is 11.8 Å². The molecule has 1 aromatic rings. The molecule has 20 heavy (non-hydrogen) atoms. The van der Waals surface area contributed by atoms with Gasteiger partial charge in [-0.3, -0.25) is 9.59 Å². The van der Waals surface area contributed by atoms with Crippen LogP contribution in [0.4, 0.5) is 0 Å². The number of carboxylic acid groups (broad SMARTS) is 1. The zero-order valence-corrected chi connectivity index (χ0v) is 12.7. The third kappa shape index (κ3) is 3.67. The molecule has 1 fully saturated rings. The Labute approximate surface area is 127 Å². The smallest absolute Gasteiger partial charge is 0.308 e. The predicted octanol–water partition coefficient (Wildman–Crippen LogP) is 2.61. The number of hydrogen-bond donors (Lipinski definition) is 1. The molecule has 0 saturated carbocycles. The summed E-state index contributed by atoms with van der Waals surface area (Å²) in [6.45, 7) is 2.71. The molecule has 1 heterocycles. The molecule has 0 spiro atoms. The highest BCUT2D eigenvalue weighted by Gasteiger charge is 2.36. The van der Waals surface area contributed by atoms with Crippen LogP contribution in [0.25, 0.3) is 0 Å². The van der Waals surface area contributed by atoms with Gasteiger partial charge in [0.1, 0.15) is 0 Å². The Bertz CT molecular complexity index is 506. The van der Waals surface area contributed by atoms with Crippen LogP contribution in [-0.2, 0) is 9.59 Å². The number of thioether (sulfide) groups is 1. The number of hydrogen-bond acceptors (Lipinski definition) is 3. The highest BCUT2D eigenvalue weighted by atomic mass is 35.5. The maximum absolute atomic E-state index is 12.1. The van der Waals surface area contributed by atoms with Gasteiger partial charge in [0.15, 0.2) is 0 Å². The Morgan fingerprint density at radius 2 is 2.00 bits per heavy atom. The SMILES string of the molecule is C[C@@H]1CN(C(=O)CSc2ccc(Cl)cc2)C[C@H]1C(=O)O. The number of rotatable bonds is 4. The molecule has 4 nitrogen and oxygen atoms in total. The topological polar surface area (TPSA) is 57.6 Å². The highest BCUT2D eigenvalue weighted by molar-refractivity contribution is 8.00. The number of carbonyl (C=O) groups excluding carboxylic acids is 1. The van der Waals surface area contributed by atoms with Crippen LogP contribution >= 0.6 is 23.4 Å².